The monoisotopic (exact) mass is 479 g/mol. The van der Waals surface area contributed by atoms with Crippen molar-refractivity contribution >= 4 is 32.9 Å². The van der Waals surface area contributed by atoms with Crippen LogP contribution in [0.5, 0.6) is 0 Å². The molecule has 3 nitrogen and oxygen atoms in total. The zero-order valence-corrected chi connectivity index (χ0v) is 21.3. The second-order valence-electron chi connectivity index (χ2n) is 8.54. The van der Waals surface area contributed by atoms with E-state index in [0.29, 0.717) is 0 Å². The van der Waals surface area contributed by atoms with E-state index in [4.69, 9.17) is 5.10 Å². The van der Waals surface area contributed by atoms with Gasteiger partial charge < -0.3 is 0 Å². The van der Waals surface area contributed by atoms with Crippen molar-refractivity contribution in [2.75, 3.05) is 20.6 Å². The van der Waals surface area contributed by atoms with Crippen molar-refractivity contribution in [1.82, 2.24) is 14.7 Å². The summed E-state index contributed by atoms with van der Waals surface area (Å²) in [4.78, 5) is 2.24. The fourth-order valence-corrected chi connectivity index (χ4v) is 20.2. The van der Waals surface area contributed by atoms with E-state index in [1.165, 1.54) is 62.7 Å². The number of fused-ring (bicyclic) bond motifs is 1. The Kier molecular flexibility index (Phi) is 9.64. The summed E-state index contributed by atoms with van der Waals surface area (Å²) in [7, 11) is 4.28. The number of unbranched alkanes of at least 4 members (excludes halogenated alkanes) is 3. The van der Waals surface area contributed by atoms with Crippen LogP contribution in [-0.4, -0.2) is 53.7 Å². The van der Waals surface area contributed by atoms with Crippen LogP contribution in [0.4, 0.5) is 0 Å². The molecule has 0 N–H and O–H groups in total. The molecular weight excluding hydrogens is 437 g/mol. The van der Waals surface area contributed by atoms with Gasteiger partial charge in [0.05, 0.1) is 0 Å². The van der Waals surface area contributed by atoms with Gasteiger partial charge in [0, 0.05) is 0 Å². The number of hydrogen-bond acceptors (Lipinski definition) is 2. The van der Waals surface area contributed by atoms with Crippen LogP contribution in [0, 0.1) is 0 Å². The molecule has 0 bridgehead atoms. The van der Waals surface area contributed by atoms with Crippen LogP contribution in [0.1, 0.15) is 59.3 Å². The first kappa shape index (κ1) is 22.7. The maximum absolute atomic E-state index is 4.69. The van der Waals surface area contributed by atoms with Gasteiger partial charge in [0.25, 0.3) is 0 Å². The van der Waals surface area contributed by atoms with Gasteiger partial charge in [0.15, 0.2) is 0 Å². The van der Waals surface area contributed by atoms with Crippen molar-refractivity contribution in [3.05, 3.63) is 24.4 Å². The van der Waals surface area contributed by atoms with Crippen molar-refractivity contribution < 1.29 is 0 Å². The maximum atomic E-state index is 4.69. The van der Waals surface area contributed by atoms with E-state index in [0.717, 1.165) is 13.1 Å². The van der Waals surface area contributed by atoms with Crippen molar-refractivity contribution in [1.29, 1.82) is 0 Å². The Balaban J connectivity index is 2.41. The minimum atomic E-state index is -2.36. The van der Waals surface area contributed by atoms with Crippen LogP contribution >= 0.6 is 0 Å². The molecule has 0 aliphatic heterocycles. The summed E-state index contributed by atoms with van der Waals surface area (Å²) in [6, 6.07) is 7.42. The van der Waals surface area contributed by atoms with Crippen LogP contribution in [0.15, 0.2) is 24.4 Å². The molecule has 0 aliphatic rings. The molecule has 0 amide bonds. The van der Waals surface area contributed by atoms with Gasteiger partial charge in [-0.15, -0.1) is 0 Å². The van der Waals surface area contributed by atoms with E-state index >= 15 is 0 Å². The van der Waals surface area contributed by atoms with Gasteiger partial charge in [-0.25, -0.2) is 0 Å². The van der Waals surface area contributed by atoms with Crippen LogP contribution in [0.3, 0.4) is 0 Å². The molecule has 4 heteroatoms. The standard InChI is InChI=1S/C11H14N3.3C4H9.Sn/c1-13(2)7-8-14-11-6-4-3-5-10(11)9-12-14;3*1-3-4-2;/h3,5-6,9H,7-8H2,1-2H3;3*1,3-4H2,2H3;. The quantitative estimate of drug-likeness (QED) is 0.347. The van der Waals surface area contributed by atoms with Crippen LogP contribution in [-0.2, 0) is 6.54 Å². The molecule has 1 aromatic carbocycles. The second kappa shape index (κ2) is 11.5. The Morgan fingerprint density at radius 3 is 2.04 bits per heavy atom. The molecule has 152 valence electrons. The van der Waals surface area contributed by atoms with E-state index in [1.54, 1.807) is 3.58 Å². The number of benzene rings is 1. The molecule has 0 atom stereocenters. The van der Waals surface area contributed by atoms with Gasteiger partial charge in [-0.1, -0.05) is 0 Å². The predicted octanol–water partition coefficient (Wildman–Crippen LogP) is 5.65. The Morgan fingerprint density at radius 1 is 0.926 bits per heavy atom. The molecule has 1 aromatic heterocycles. The normalized spacial score (nSPS) is 12.4. The second-order valence-corrected chi connectivity index (χ2v) is 21.8. The van der Waals surface area contributed by atoms with E-state index in [1.807, 2.05) is 0 Å². The fourth-order valence-electron chi connectivity index (χ4n) is 4.23. The summed E-state index contributed by atoms with van der Waals surface area (Å²) in [5, 5.41) is 6.00. The minimum absolute atomic E-state index is 0.974. The number of rotatable bonds is 13. The summed E-state index contributed by atoms with van der Waals surface area (Å²) in [5.41, 5.74) is 1.36. The first-order valence-electron chi connectivity index (χ1n) is 11.2. The Bertz CT molecular complexity index is 656. The Hall–Kier alpha value is -0.551. The fraction of sp³-hybridized carbons (Fsp3) is 0.696. The van der Waals surface area contributed by atoms with E-state index in [9.17, 15) is 0 Å². The predicted molar refractivity (Wildman–Crippen MR) is 123 cm³/mol. The molecule has 0 radical (unpaired) electrons. The molecule has 0 fully saturated rings. The molecule has 0 aliphatic carbocycles. The molecule has 27 heavy (non-hydrogen) atoms. The molecule has 2 rings (SSSR count). The molecular formula is C23H41N3Sn. The first-order chi connectivity index (χ1) is 13.1. The average Bonchev–Trinajstić information content (AvgIpc) is 3.08. The molecule has 0 unspecified atom stereocenters. The first-order valence-corrected chi connectivity index (χ1v) is 18.6. The van der Waals surface area contributed by atoms with Gasteiger partial charge in [-0.05, 0) is 0 Å². The van der Waals surface area contributed by atoms with Crippen molar-refractivity contribution in [3.8, 4) is 0 Å². The SMILES string of the molecule is CCC[CH2][Sn]([CH2]CCC)([CH2]CCC)[c]1ccc2cnn(CCN(C)C)c2c1. The molecule has 0 spiro atoms. The van der Waals surface area contributed by atoms with E-state index < -0.39 is 18.4 Å². The van der Waals surface area contributed by atoms with Crippen molar-refractivity contribution in [3.63, 3.8) is 0 Å². The Labute approximate surface area is 171 Å². The van der Waals surface area contributed by atoms with Gasteiger partial charge in [-0.3, -0.25) is 0 Å². The Morgan fingerprint density at radius 2 is 1.52 bits per heavy atom. The number of nitrogens with zero attached hydrogens (tertiary/aromatic N) is 3. The number of aromatic nitrogens is 2. The summed E-state index contributed by atoms with van der Waals surface area (Å²) in [6.07, 6.45) is 10.3. The third-order valence-corrected chi connectivity index (χ3v) is 21.6. The van der Waals surface area contributed by atoms with E-state index in [-0.39, 0.29) is 0 Å². The van der Waals surface area contributed by atoms with Crippen LogP contribution in [0.2, 0.25) is 13.3 Å². The molecule has 1 heterocycles. The summed E-state index contributed by atoms with van der Waals surface area (Å²) < 4.78 is 8.58. The van der Waals surface area contributed by atoms with Crippen LogP contribution < -0.4 is 3.58 Å². The third-order valence-electron chi connectivity index (χ3n) is 6.04. The number of likely N-dealkylation sites (N-methyl/N-ethyl adjacent to an activating group) is 1. The number of hydrogen-bond donors (Lipinski definition) is 0. The van der Waals surface area contributed by atoms with Crippen LogP contribution in [0.25, 0.3) is 10.9 Å². The molecule has 0 saturated carbocycles. The van der Waals surface area contributed by atoms with Gasteiger partial charge in [-0.2, -0.15) is 0 Å². The summed E-state index contributed by atoms with van der Waals surface area (Å²) in [6.45, 7) is 9.08. The zero-order valence-electron chi connectivity index (χ0n) is 18.4. The summed E-state index contributed by atoms with van der Waals surface area (Å²) >= 11 is -2.36. The molecule has 2 aromatic rings. The van der Waals surface area contributed by atoms with Gasteiger partial charge >= 0.3 is 172 Å². The zero-order chi connectivity index (χ0) is 19.7. The van der Waals surface area contributed by atoms with Crippen molar-refractivity contribution in [2.24, 2.45) is 0 Å². The third kappa shape index (κ3) is 6.22. The topological polar surface area (TPSA) is 21.1 Å². The van der Waals surface area contributed by atoms with E-state index in [2.05, 4.69) is 68.8 Å². The average molecular weight is 478 g/mol. The molecule has 0 saturated heterocycles. The van der Waals surface area contributed by atoms with Gasteiger partial charge in [0.1, 0.15) is 0 Å². The van der Waals surface area contributed by atoms with Gasteiger partial charge in [0.2, 0.25) is 0 Å². The summed E-state index contributed by atoms with van der Waals surface area (Å²) in [5.74, 6) is 0. The van der Waals surface area contributed by atoms with Crippen molar-refractivity contribution in [2.45, 2.75) is 79.2 Å².